The van der Waals surface area contributed by atoms with Crippen LogP contribution in [0.1, 0.15) is 27.4 Å². The van der Waals surface area contributed by atoms with Crippen LogP contribution < -0.4 is 5.32 Å². The number of nitrogens with one attached hydrogen (secondary N) is 1. The molecule has 7 heteroatoms. The Hall–Kier alpha value is -2.96. The van der Waals surface area contributed by atoms with Crippen LogP contribution >= 0.6 is 0 Å². The van der Waals surface area contributed by atoms with Gasteiger partial charge in [-0.2, -0.15) is 0 Å². The molecular formula is C15H15N5O2. The molecule has 0 spiro atoms. The van der Waals surface area contributed by atoms with E-state index in [0.29, 0.717) is 11.4 Å². The summed E-state index contributed by atoms with van der Waals surface area (Å²) in [7, 11) is 0. The Morgan fingerprint density at radius 3 is 2.55 bits per heavy atom. The smallest absolute Gasteiger partial charge is 0.280 e. The van der Waals surface area contributed by atoms with Crippen molar-refractivity contribution in [3.05, 3.63) is 53.0 Å². The molecule has 2 aromatic heterocycles. The molecule has 7 nitrogen and oxygen atoms in total. The maximum Gasteiger partial charge on any atom is 0.280 e. The Kier molecular flexibility index (Phi) is 3.46. The van der Waals surface area contributed by atoms with E-state index in [9.17, 15) is 4.79 Å². The van der Waals surface area contributed by atoms with Crippen molar-refractivity contribution in [3.63, 3.8) is 0 Å². The van der Waals surface area contributed by atoms with Gasteiger partial charge in [-0.25, -0.2) is 4.68 Å². The summed E-state index contributed by atoms with van der Waals surface area (Å²) in [5.41, 5.74) is 3.59. The quantitative estimate of drug-likeness (QED) is 0.802. The van der Waals surface area contributed by atoms with Crippen molar-refractivity contribution in [2.24, 2.45) is 0 Å². The van der Waals surface area contributed by atoms with E-state index in [1.807, 2.05) is 31.2 Å². The molecule has 0 unspecified atom stereocenters. The monoisotopic (exact) mass is 297 g/mol. The summed E-state index contributed by atoms with van der Waals surface area (Å²) in [4.78, 5) is 12.2. The second kappa shape index (κ2) is 5.44. The van der Waals surface area contributed by atoms with Crippen LogP contribution in [0.15, 0.2) is 34.9 Å². The summed E-state index contributed by atoms with van der Waals surface area (Å²) in [6.07, 6.45) is 0. The van der Waals surface area contributed by atoms with Crippen molar-refractivity contribution in [2.75, 3.05) is 5.32 Å². The molecule has 2 heterocycles. The van der Waals surface area contributed by atoms with Gasteiger partial charge in [0.2, 0.25) is 5.88 Å². The summed E-state index contributed by atoms with van der Waals surface area (Å²) in [6.45, 7) is 5.58. The van der Waals surface area contributed by atoms with Crippen molar-refractivity contribution in [2.45, 2.75) is 20.8 Å². The number of anilines is 1. The number of benzene rings is 1. The summed E-state index contributed by atoms with van der Waals surface area (Å²) in [6, 6.07) is 9.45. The predicted octanol–water partition coefficient (Wildman–Crippen LogP) is 2.43. The molecule has 1 amide bonds. The van der Waals surface area contributed by atoms with Crippen molar-refractivity contribution in [1.82, 2.24) is 20.2 Å². The lowest BCUT2D eigenvalue weighted by molar-refractivity contribution is 0.101. The Morgan fingerprint density at radius 2 is 1.91 bits per heavy atom. The van der Waals surface area contributed by atoms with Crippen LogP contribution in [0.3, 0.4) is 0 Å². The van der Waals surface area contributed by atoms with E-state index in [2.05, 4.69) is 20.8 Å². The molecule has 0 saturated heterocycles. The van der Waals surface area contributed by atoms with Crippen LogP contribution in [0.4, 0.5) is 5.88 Å². The van der Waals surface area contributed by atoms with Crippen LogP contribution in [-0.4, -0.2) is 26.1 Å². The Balaban J connectivity index is 1.86. The first-order valence-electron chi connectivity index (χ1n) is 6.78. The number of carbonyl (C=O) groups excluding carboxylic acids is 1. The molecule has 0 aliphatic rings. The summed E-state index contributed by atoms with van der Waals surface area (Å²) < 4.78 is 6.59. The molecule has 112 valence electrons. The van der Waals surface area contributed by atoms with Crippen LogP contribution in [0.25, 0.3) is 5.69 Å². The number of nitrogens with zero attached hydrogens (tertiary/aromatic N) is 4. The maximum absolute atomic E-state index is 12.2. The topological polar surface area (TPSA) is 85.8 Å². The predicted molar refractivity (Wildman–Crippen MR) is 80.0 cm³/mol. The van der Waals surface area contributed by atoms with E-state index in [1.54, 1.807) is 24.6 Å². The minimum Gasteiger partial charge on any atom is -0.338 e. The average molecular weight is 297 g/mol. The fraction of sp³-hybridized carbons (Fsp3) is 0.200. The van der Waals surface area contributed by atoms with Gasteiger partial charge >= 0.3 is 0 Å². The van der Waals surface area contributed by atoms with Crippen molar-refractivity contribution >= 4 is 11.8 Å². The highest BCUT2D eigenvalue weighted by Gasteiger charge is 2.18. The normalized spacial score (nSPS) is 10.7. The average Bonchev–Trinajstić information content (AvgIpc) is 3.06. The van der Waals surface area contributed by atoms with Gasteiger partial charge in [-0.3, -0.25) is 10.1 Å². The van der Waals surface area contributed by atoms with Gasteiger partial charge in [0, 0.05) is 6.07 Å². The van der Waals surface area contributed by atoms with Gasteiger partial charge in [0.1, 0.15) is 0 Å². The van der Waals surface area contributed by atoms with Gasteiger partial charge in [0.25, 0.3) is 5.91 Å². The fourth-order valence-electron chi connectivity index (χ4n) is 2.06. The van der Waals surface area contributed by atoms with Gasteiger partial charge in [-0.15, -0.1) is 5.10 Å². The lowest BCUT2D eigenvalue weighted by Gasteiger charge is -2.04. The second-order valence-electron chi connectivity index (χ2n) is 5.06. The molecule has 22 heavy (non-hydrogen) atoms. The zero-order valence-electron chi connectivity index (χ0n) is 12.5. The SMILES string of the molecule is Cc1ccc(-n2nnc(C(=O)Nc3cc(C)no3)c2C)cc1. The van der Waals surface area contributed by atoms with Gasteiger partial charge in [0.05, 0.1) is 17.1 Å². The van der Waals surface area contributed by atoms with Crippen molar-refractivity contribution < 1.29 is 9.32 Å². The van der Waals surface area contributed by atoms with E-state index >= 15 is 0 Å². The zero-order valence-corrected chi connectivity index (χ0v) is 12.5. The van der Waals surface area contributed by atoms with E-state index in [0.717, 1.165) is 11.3 Å². The van der Waals surface area contributed by atoms with Crippen LogP contribution in [0.2, 0.25) is 0 Å². The molecule has 3 aromatic rings. The Labute approximate surface area is 126 Å². The molecule has 0 radical (unpaired) electrons. The Bertz CT molecular complexity index is 817. The summed E-state index contributed by atoms with van der Waals surface area (Å²) >= 11 is 0. The first-order valence-corrected chi connectivity index (χ1v) is 6.78. The number of hydrogen-bond donors (Lipinski definition) is 1. The van der Waals surface area contributed by atoms with Crippen LogP contribution in [-0.2, 0) is 0 Å². The van der Waals surface area contributed by atoms with Gasteiger partial charge < -0.3 is 4.52 Å². The maximum atomic E-state index is 12.2. The van der Waals surface area contributed by atoms with Gasteiger partial charge in [-0.1, -0.05) is 28.1 Å². The molecular weight excluding hydrogens is 282 g/mol. The first kappa shape index (κ1) is 14.0. The van der Waals surface area contributed by atoms with E-state index in [1.165, 1.54) is 0 Å². The first-order chi connectivity index (χ1) is 10.5. The lowest BCUT2D eigenvalue weighted by Crippen LogP contribution is -2.13. The molecule has 3 rings (SSSR count). The van der Waals surface area contributed by atoms with E-state index in [4.69, 9.17) is 4.52 Å². The highest BCUT2D eigenvalue weighted by atomic mass is 16.5. The third kappa shape index (κ3) is 2.60. The lowest BCUT2D eigenvalue weighted by atomic mass is 10.2. The van der Waals surface area contributed by atoms with Crippen molar-refractivity contribution in [3.8, 4) is 5.69 Å². The van der Waals surface area contributed by atoms with Gasteiger partial charge in [0.15, 0.2) is 5.69 Å². The molecule has 1 N–H and O–H groups in total. The minimum atomic E-state index is -0.382. The molecule has 0 fully saturated rings. The van der Waals surface area contributed by atoms with Gasteiger partial charge in [-0.05, 0) is 32.9 Å². The van der Waals surface area contributed by atoms with Crippen LogP contribution in [0.5, 0.6) is 0 Å². The number of hydrogen-bond acceptors (Lipinski definition) is 5. The zero-order chi connectivity index (χ0) is 15.7. The molecule has 0 atom stereocenters. The molecule has 0 saturated carbocycles. The number of aromatic nitrogens is 4. The standard InChI is InChI=1S/C15H15N5O2/c1-9-4-6-12(7-5-9)20-11(3)14(17-19-20)15(21)16-13-8-10(2)18-22-13/h4-8H,1-3H3,(H,16,21). The number of aryl methyl sites for hydroxylation is 2. The summed E-state index contributed by atoms with van der Waals surface area (Å²) in [5.74, 6) is -0.0983. The number of carbonyl (C=O) groups is 1. The molecule has 0 bridgehead atoms. The number of amides is 1. The Morgan fingerprint density at radius 1 is 1.18 bits per heavy atom. The molecule has 1 aromatic carbocycles. The largest absolute Gasteiger partial charge is 0.338 e. The second-order valence-corrected chi connectivity index (χ2v) is 5.06. The van der Waals surface area contributed by atoms with Crippen molar-refractivity contribution in [1.29, 1.82) is 0 Å². The fourth-order valence-corrected chi connectivity index (χ4v) is 2.06. The van der Waals surface area contributed by atoms with E-state index in [-0.39, 0.29) is 17.5 Å². The molecule has 0 aliphatic heterocycles. The third-order valence-electron chi connectivity index (χ3n) is 3.25. The highest BCUT2D eigenvalue weighted by molar-refractivity contribution is 6.02. The van der Waals surface area contributed by atoms with E-state index < -0.39 is 0 Å². The summed E-state index contributed by atoms with van der Waals surface area (Å²) in [5, 5.41) is 14.3. The third-order valence-corrected chi connectivity index (χ3v) is 3.25. The molecule has 0 aliphatic carbocycles. The van der Waals surface area contributed by atoms with Crippen LogP contribution in [0, 0.1) is 20.8 Å². The minimum absolute atomic E-state index is 0.245. The number of rotatable bonds is 3. The highest BCUT2D eigenvalue weighted by Crippen LogP contribution is 2.15.